The van der Waals surface area contributed by atoms with E-state index >= 15 is 0 Å². The summed E-state index contributed by atoms with van der Waals surface area (Å²) in [5.74, 6) is 0.109. The van der Waals surface area contributed by atoms with E-state index in [4.69, 9.17) is 21.1 Å². The van der Waals surface area contributed by atoms with Gasteiger partial charge in [-0.25, -0.2) is 4.79 Å². The van der Waals surface area contributed by atoms with E-state index in [1.54, 1.807) is 49.5 Å². The minimum Gasteiger partial charge on any atom is -0.480 e. The van der Waals surface area contributed by atoms with Crippen LogP contribution in [0.25, 0.3) is 0 Å². The zero-order chi connectivity index (χ0) is 22.4. The highest BCUT2D eigenvalue weighted by atomic mass is 35.5. The van der Waals surface area contributed by atoms with Gasteiger partial charge in [0, 0.05) is 23.8 Å². The van der Waals surface area contributed by atoms with Crippen LogP contribution < -0.4 is 15.4 Å². The highest BCUT2D eigenvalue weighted by molar-refractivity contribution is 6.30. The first kappa shape index (κ1) is 22.2. The van der Waals surface area contributed by atoms with E-state index < -0.39 is 6.09 Å². The molecule has 0 spiro atoms. The van der Waals surface area contributed by atoms with Crippen LogP contribution in [-0.4, -0.2) is 28.9 Å². The fourth-order valence-corrected chi connectivity index (χ4v) is 2.97. The Bertz CT molecular complexity index is 1050. The molecule has 3 aromatic rings. The number of hydrogen-bond donors (Lipinski definition) is 2. The monoisotopic (exact) mass is 442 g/mol. The van der Waals surface area contributed by atoms with Crippen LogP contribution in [0.2, 0.25) is 5.02 Å². The van der Waals surface area contributed by atoms with E-state index in [0.29, 0.717) is 22.3 Å². The first-order valence-corrected chi connectivity index (χ1v) is 9.90. The molecule has 2 amide bonds. The fraction of sp³-hybridized carbons (Fsp3) is 0.227. The first-order chi connectivity index (χ1) is 14.9. The van der Waals surface area contributed by atoms with Crippen LogP contribution in [0, 0.1) is 0 Å². The number of ether oxygens (including phenoxy) is 2. The SMILES string of the molecule is COc1cc(C(=O)NC(C)c2ccc(NC(=O)OCc3ccc(Cl)cc3)cc2)n(C)n1. The second kappa shape index (κ2) is 9.99. The Labute approximate surface area is 185 Å². The molecule has 0 bridgehead atoms. The summed E-state index contributed by atoms with van der Waals surface area (Å²) in [6, 6.07) is 15.5. The quantitative estimate of drug-likeness (QED) is 0.568. The number of carbonyl (C=O) groups excluding carboxylic acids is 2. The standard InChI is InChI=1S/C22H23ClN4O4/c1-14(24-21(28)19-12-20(30-3)26-27(19)2)16-6-10-18(11-7-16)25-22(29)31-13-15-4-8-17(23)9-5-15/h4-12,14H,13H2,1-3H3,(H,24,28)(H,25,29). The second-order valence-corrected chi connectivity index (χ2v) is 7.28. The van der Waals surface area contributed by atoms with Gasteiger partial charge in [0.05, 0.1) is 13.2 Å². The maximum Gasteiger partial charge on any atom is 0.411 e. The van der Waals surface area contributed by atoms with E-state index in [1.165, 1.54) is 11.8 Å². The number of nitrogens with one attached hydrogen (secondary N) is 2. The number of anilines is 1. The van der Waals surface area contributed by atoms with Crippen LogP contribution in [0.3, 0.4) is 0 Å². The predicted molar refractivity (Wildman–Crippen MR) is 117 cm³/mol. The Kier molecular flexibility index (Phi) is 7.15. The van der Waals surface area contributed by atoms with Crippen molar-refractivity contribution in [1.29, 1.82) is 0 Å². The van der Waals surface area contributed by atoms with E-state index in [-0.39, 0.29) is 18.6 Å². The van der Waals surface area contributed by atoms with Crippen molar-refractivity contribution in [1.82, 2.24) is 15.1 Å². The van der Waals surface area contributed by atoms with Crippen molar-refractivity contribution >= 4 is 29.3 Å². The van der Waals surface area contributed by atoms with Gasteiger partial charge in [0.25, 0.3) is 5.91 Å². The number of halogens is 1. The van der Waals surface area contributed by atoms with E-state index in [1.807, 2.05) is 19.1 Å². The Hall–Kier alpha value is -3.52. The summed E-state index contributed by atoms with van der Waals surface area (Å²) in [5, 5.41) is 10.3. The van der Waals surface area contributed by atoms with Gasteiger partial charge in [-0.1, -0.05) is 35.9 Å². The Morgan fingerprint density at radius 3 is 2.42 bits per heavy atom. The lowest BCUT2D eigenvalue weighted by atomic mass is 10.1. The van der Waals surface area contributed by atoms with Crippen LogP contribution in [0.4, 0.5) is 10.5 Å². The Balaban J connectivity index is 1.52. The molecule has 1 unspecified atom stereocenters. The van der Waals surface area contributed by atoms with Crippen molar-refractivity contribution in [2.45, 2.75) is 19.6 Å². The lowest BCUT2D eigenvalue weighted by Crippen LogP contribution is -2.28. The third-order valence-electron chi connectivity index (χ3n) is 4.59. The van der Waals surface area contributed by atoms with Gasteiger partial charge in [-0.2, -0.15) is 0 Å². The number of hydrogen-bond acceptors (Lipinski definition) is 5. The third-order valence-corrected chi connectivity index (χ3v) is 4.84. The Morgan fingerprint density at radius 1 is 1.13 bits per heavy atom. The average molecular weight is 443 g/mol. The molecule has 31 heavy (non-hydrogen) atoms. The van der Waals surface area contributed by atoms with Gasteiger partial charge in [-0.3, -0.25) is 14.8 Å². The molecule has 9 heteroatoms. The highest BCUT2D eigenvalue weighted by Crippen LogP contribution is 2.18. The smallest absolute Gasteiger partial charge is 0.411 e. The van der Waals surface area contributed by atoms with Crippen LogP contribution in [0.5, 0.6) is 5.88 Å². The number of carbonyl (C=O) groups is 2. The van der Waals surface area contributed by atoms with Gasteiger partial charge < -0.3 is 14.8 Å². The van der Waals surface area contributed by atoms with Gasteiger partial charge in [0.2, 0.25) is 5.88 Å². The predicted octanol–water partition coefficient (Wildman–Crippen LogP) is 4.32. The molecule has 3 rings (SSSR count). The molecule has 0 aliphatic carbocycles. The van der Waals surface area contributed by atoms with Crippen molar-refractivity contribution in [2.24, 2.45) is 7.05 Å². The van der Waals surface area contributed by atoms with Crippen LogP contribution in [-0.2, 0) is 18.4 Å². The first-order valence-electron chi connectivity index (χ1n) is 9.53. The molecule has 0 fully saturated rings. The zero-order valence-corrected chi connectivity index (χ0v) is 18.1. The number of rotatable bonds is 7. The minimum absolute atomic E-state index is 0.142. The van der Waals surface area contributed by atoms with Gasteiger partial charge in [-0.05, 0) is 42.3 Å². The molecular formula is C22H23ClN4O4. The summed E-state index contributed by atoms with van der Waals surface area (Å²) >= 11 is 5.84. The normalized spacial score (nSPS) is 11.5. The van der Waals surface area contributed by atoms with Gasteiger partial charge in [0.15, 0.2) is 0 Å². The van der Waals surface area contributed by atoms with Gasteiger partial charge in [-0.15, -0.1) is 5.10 Å². The molecular weight excluding hydrogens is 420 g/mol. The average Bonchev–Trinajstić information content (AvgIpc) is 3.14. The summed E-state index contributed by atoms with van der Waals surface area (Å²) in [4.78, 5) is 24.5. The number of nitrogens with zero attached hydrogens (tertiary/aromatic N) is 2. The van der Waals surface area contributed by atoms with Crippen molar-refractivity contribution in [2.75, 3.05) is 12.4 Å². The third kappa shape index (κ3) is 5.99. The molecule has 162 valence electrons. The lowest BCUT2D eigenvalue weighted by Gasteiger charge is -2.15. The minimum atomic E-state index is -0.561. The summed E-state index contributed by atoms with van der Waals surface area (Å²) in [6.45, 7) is 2.01. The maximum absolute atomic E-state index is 12.5. The van der Waals surface area contributed by atoms with Crippen molar-refractivity contribution in [3.8, 4) is 5.88 Å². The number of amides is 2. The number of aromatic nitrogens is 2. The van der Waals surface area contributed by atoms with Crippen LogP contribution >= 0.6 is 11.6 Å². The summed E-state index contributed by atoms with van der Waals surface area (Å²) in [6.07, 6.45) is -0.561. The summed E-state index contributed by atoms with van der Waals surface area (Å²) in [7, 11) is 3.17. The lowest BCUT2D eigenvalue weighted by molar-refractivity contribution is 0.0930. The van der Waals surface area contributed by atoms with Crippen LogP contribution in [0.1, 0.15) is 34.6 Å². The highest BCUT2D eigenvalue weighted by Gasteiger charge is 2.17. The molecule has 1 atom stereocenters. The van der Waals surface area contributed by atoms with Crippen molar-refractivity contribution < 1.29 is 19.1 Å². The van der Waals surface area contributed by atoms with Crippen molar-refractivity contribution in [3.05, 3.63) is 76.4 Å². The molecule has 0 aliphatic heterocycles. The van der Waals surface area contributed by atoms with Gasteiger partial charge in [0.1, 0.15) is 12.3 Å². The summed E-state index contributed by atoms with van der Waals surface area (Å²) in [5.41, 5.74) is 2.69. The molecule has 2 aromatic carbocycles. The summed E-state index contributed by atoms with van der Waals surface area (Å²) < 4.78 is 11.7. The van der Waals surface area contributed by atoms with E-state index in [9.17, 15) is 9.59 Å². The topological polar surface area (TPSA) is 94.5 Å². The fourth-order valence-electron chi connectivity index (χ4n) is 2.85. The van der Waals surface area contributed by atoms with Gasteiger partial charge >= 0.3 is 6.09 Å². The van der Waals surface area contributed by atoms with E-state index in [0.717, 1.165) is 11.1 Å². The molecule has 0 saturated heterocycles. The van der Waals surface area contributed by atoms with E-state index in [2.05, 4.69) is 15.7 Å². The molecule has 1 heterocycles. The second-order valence-electron chi connectivity index (χ2n) is 6.84. The molecule has 0 saturated carbocycles. The molecule has 0 radical (unpaired) electrons. The molecule has 0 aliphatic rings. The van der Waals surface area contributed by atoms with Crippen LogP contribution in [0.15, 0.2) is 54.6 Å². The molecule has 2 N–H and O–H groups in total. The Morgan fingerprint density at radius 2 is 1.81 bits per heavy atom. The number of benzene rings is 2. The maximum atomic E-state index is 12.5. The largest absolute Gasteiger partial charge is 0.480 e. The number of methoxy groups -OCH3 is 1. The zero-order valence-electron chi connectivity index (χ0n) is 17.4. The number of aryl methyl sites for hydroxylation is 1. The van der Waals surface area contributed by atoms with Crippen molar-refractivity contribution in [3.63, 3.8) is 0 Å². The molecule has 1 aromatic heterocycles. The molecule has 8 nitrogen and oxygen atoms in total.